The normalized spacial score (nSPS) is 10.5. The predicted octanol–water partition coefficient (Wildman–Crippen LogP) is 2.72. The lowest BCUT2D eigenvalue weighted by atomic mass is 10.2. The van der Waals surface area contributed by atoms with Crippen LogP contribution in [0.4, 0.5) is 0 Å². The summed E-state index contributed by atoms with van der Waals surface area (Å²) in [6.07, 6.45) is 0. The van der Waals surface area contributed by atoms with Crippen LogP contribution in [0, 0.1) is 0 Å². The molecular formula is C16H14ClN5OS. The molecule has 0 saturated heterocycles. The molecule has 0 bridgehead atoms. The molecule has 0 spiro atoms. The van der Waals surface area contributed by atoms with Crippen molar-refractivity contribution >= 4 is 29.3 Å². The van der Waals surface area contributed by atoms with Gasteiger partial charge in [-0.3, -0.25) is 4.79 Å². The number of benzene rings is 2. The molecule has 1 heterocycles. The number of rotatable bonds is 6. The fraction of sp³-hybridized carbons (Fsp3) is 0.125. The number of carbonyl (C=O) groups excluding carboxylic acids is 1. The summed E-state index contributed by atoms with van der Waals surface area (Å²) in [5.41, 5.74) is 1.73. The van der Waals surface area contributed by atoms with Crippen LogP contribution in [0.2, 0.25) is 5.02 Å². The van der Waals surface area contributed by atoms with Gasteiger partial charge in [-0.05, 0) is 28.1 Å². The average molecular weight is 360 g/mol. The van der Waals surface area contributed by atoms with Crippen LogP contribution >= 0.6 is 23.4 Å². The van der Waals surface area contributed by atoms with Gasteiger partial charge in [0.1, 0.15) is 0 Å². The number of carbonyl (C=O) groups is 1. The molecule has 122 valence electrons. The molecule has 6 nitrogen and oxygen atoms in total. The van der Waals surface area contributed by atoms with Crippen molar-refractivity contribution in [1.82, 2.24) is 25.5 Å². The lowest BCUT2D eigenvalue weighted by Crippen LogP contribution is -2.24. The second kappa shape index (κ2) is 7.94. The van der Waals surface area contributed by atoms with E-state index < -0.39 is 0 Å². The molecule has 0 aliphatic rings. The number of amides is 1. The summed E-state index contributed by atoms with van der Waals surface area (Å²) in [4.78, 5) is 12.0. The van der Waals surface area contributed by atoms with E-state index in [1.165, 1.54) is 16.4 Å². The van der Waals surface area contributed by atoms with Crippen LogP contribution in [0.5, 0.6) is 0 Å². The number of hydrogen-bond donors (Lipinski definition) is 1. The lowest BCUT2D eigenvalue weighted by molar-refractivity contribution is -0.118. The molecule has 0 atom stereocenters. The fourth-order valence-electron chi connectivity index (χ4n) is 2.02. The van der Waals surface area contributed by atoms with Crippen molar-refractivity contribution in [3.05, 3.63) is 65.2 Å². The van der Waals surface area contributed by atoms with Gasteiger partial charge < -0.3 is 5.32 Å². The smallest absolute Gasteiger partial charge is 0.230 e. The zero-order valence-electron chi connectivity index (χ0n) is 12.6. The molecule has 3 rings (SSSR count). The van der Waals surface area contributed by atoms with Crippen LogP contribution in [0.25, 0.3) is 5.69 Å². The topological polar surface area (TPSA) is 72.7 Å². The van der Waals surface area contributed by atoms with E-state index in [0.717, 1.165) is 5.56 Å². The van der Waals surface area contributed by atoms with Crippen LogP contribution in [0.3, 0.4) is 0 Å². The molecule has 8 heteroatoms. The van der Waals surface area contributed by atoms with Gasteiger partial charge in [0, 0.05) is 6.54 Å². The molecule has 24 heavy (non-hydrogen) atoms. The highest BCUT2D eigenvalue weighted by molar-refractivity contribution is 7.99. The van der Waals surface area contributed by atoms with E-state index in [-0.39, 0.29) is 11.7 Å². The van der Waals surface area contributed by atoms with E-state index in [9.17, 15) is 4.79 Å². The summed E-state index contributed by atoms with van der Waals surface area (Å²) in [7, 11) is 0. The van der Waals surface area contributed by atoms with Crippen molar-refractivity contribution in [1.29, 1.82) is 0 Å². The highest BCUT2D eigenvalue weighted by Gasteiger charge is 2.13. The molecular weight excluding hydrogens is 346 g/mol. The molecule has 0 fully saturated rings. The SMILES string of the molecule is O=C(CSc1nnnn1-c1ccccc1Cl)NCc1ccccc1. The van der Waals surface area contributed by atoms with E-state index in [1.54, 1.807) is 6.07 Å². The van der Waals surface area contributed by atoms with Gasteiger partial charge >= 0.3 is 0 Å². The Bertz CT molecular complexity index is 824. The molecule has 3 aromatic rings. The summed E-state index contributed by atoms with van der Waals surface area (Å²) >= 11 is 7.42. The number of para-hydroxylation sites is 1. The van der Waals surface area contributed by atoms with E-state index >= 15 is 0 Å². The molecule has 0 saturated carbocycles. The van der Waals surface area contributed by atoms with E-state index in [0.29, 0.717) is 22.4 Å². The van der Waals surface area contributed by atoms with Crippen LogP contribution in [0.15, 0.2) is 59.8 Å². The Morgan fingerprint density at radius 3 is 2.67 bits per heavy atom. The molecule has 0 aliphatic heterocycles. The van der Waals surface area contributed by atoms with Gasteiger partial charge in [-0.2, -0.15) is 4.68 Å². The standard InChI is InChI=1S/C16H14ClN5OS/c17-13-8-4-5-9-14(13)22-16(19-20-21-22)24-11-15(23)18-10-12-6-2-1-3-7-12/h1-9H,10-11H2,(H,18,23). The third kappa shape index (κ3) is 4.12. The Morgan fingerprint density at radius 1 is 1.12 bits per heavy atom. The molecule has 1 amide bonds. The minimum absolute atomic E-state index is 0.0856. The Labute approximate surface area is 148 Å². The molecule has 1 N–H and O–H groups in total. The first kappa shape index (κ1) is 16.5. The van der Waals surface area contributed by atoms with E-state index in [2.05, 4.69) is 20.8 Å². The number of nitrogens with zero attached hydrogens (tertiary/aromatic N) is 4. The van der Waals surface area contributed by atoms with Crippen LogP contribution in [-0.2, 0) is 11.3 Å². The summed E-state index contributed by atoms with van der Waals surface area (Å²) < 4.78 is 1.53. The molecule has 0 unspecified atom stereocenters. The summed E-state index contributed by atoms with van der Waals surface area (Å²) in [6, 6.07) is 17.0. The Morgan fingerprint density at radius 2 is 1.88 bits per heavy atom. The number of nitrogens with one attached hydrogen (secondary N) is 1. The summed E-state index contributed by atoms with van der Waals surface area (Å²) in [5.74, 6) is 0.134. The van der Waals surface area contributed by atoms with Gasteiger partial charge in [-0.15, -0.1) is 5.10 Å². The molecule has 1 aromatic heterocycles. The van der Waals surface area contributed by atoms with Gasteiger partial charge in [0.05, 0.1) is 16.5 Å². The fourth-order valence-corrected chi connectivity index (χ4v) is 2.95. The van der Waals surface area contributed by atoms with E-state index in [1.807, 2.05) is 48.5 Å². The van der Waals surface area contributed by atoms with Gasteiger partial charge in [0.25, 0.3) is 0 Å². The summed E-state index contributed by atoms with van der Waals surface area (Å²) in [5, 5.41) is 15.5. The molecule has 0 radical (unpaired) electrons. The second-order valence-electron chi connectivity index (χ2n) is 4.88. The zero-order chi connectivity index (χ0) is 16.8. The van der Waals surface area contributed by atoms with Crippen molar-refractivity contribution in [2.24, 2.45) is 0 Å². The maximum absolute atomic E-state index is 12.0. The van der Waals surface area contributed by atoms with Crippen molar-refractivity contribution in [2.75, 3.05) is 5.75 Å². The molecule has 2 aromatic carbocycles. The lowest BCUT2D eigenvalue weighted by Gasteiger charge is -2.07. The monoisotopic (exact) mass is 359 g/mol. The predicted molar refractivity (Wildman–Crippen MR) is 93.2 cm³/mol. The Kier molecular flexibility index (Phi) is 5.45. The number of hydrogen-bond acceptors (Lipinski definition) is 5. The minimum atomic E-state index is -0.0856. The number of halogens is 1. The minimum Gasteiger partial charge on any atom is -0.351 e. The molecule has 0 aliphatic carbocycles. The zero-order valence-corrected chi connectivity index (χ0v) is 14.2. The van der Waals surface area contributed by atoms with Gasteiger partial charge in [-0.25, -0.2) is 0 Å². The van der Waals surface area contributed by atoms with Gasteiger partial charge in [0.15, 0.2) is 0 Å². The summed E-state index contributed by atoms with van der Waals surface area (Å²) in [6.45, 7) is 0.496. The first-order chi connectivity index (χ1) is 11.7. The number of tetrazole rings is 1. The first-order valence-corrected chi connectivity index (χ1v) is 8.57. The van der Waals surface area contributed by atoms with Crippen LogP contribution in [0.1, 0.15) is 5.56 Å². The van der Waals surface area contributed by atoms with Gasteiger partial charge in [0.2, 0.25) is 11.1 Å². The quantitative estimate of drug-likeness (QED) is 0.685. The Hall–Kier alpha value is -2.38. The highest BCUT2D eigenvalue weighted by atomic mass is 35.5. The number of aromatic nitrogens is 4. The van der Waals surface area contributed by atoms with Crippen molar-refractivity contribution < 1.29 is 4.79 Å². The number of thioether (sulfide) groups is 1. The maximum atomic E-state index is 12.0. The third-order valence-corrected chi connectivity index (χ3v) is 4.43. The Balaban J connectivity index is 1.59. The maximum Gasteiger partial charge on any atom is 0.230 e. The average Bonchev–Trinajstić information content (AvgIpc) is 3.08. The van der Waals surface area contributed by atoms with Crippen molar-refractivity contribution in [3.8, 4) is 5.69 Å². The van der Waals surface area contributed by atoms with Crippen LogP contribution < -0.4 is 5.32 Å². The van der Waals surface area contributed by atoms with Crippen LogP contribution in [-0.4, -0.2) is 31.9 Å². The second-order valence-corrected chi connectivity index (χ2v) is 6.23. The third-order valence-electron chi connectivity index (χ3n) is 3.19. The largest absolute Gasteiger partial charge is 0.351 e. The van der Waals surface area contributed by atoms with E-state index in [4.69, 9.17) is 11.6 Å². The van der Waals surface area contributed by atoms with Crippen molar-refractivity contribution in [3.63, 3.8) is 0 Å². The van der Waals surface area contributed by atoms with Gasteiger partial charge in [-0.1, -0.05) is 65.8 Å². The first-order valence-electron chi connectivity index (χ1n) is 7.21. The highest BCUT2D eigenvalue weighted by Crippen LogP contribution is 2.23. The van der Waals surface area contributed by atoms with Crippen molar-refractivity contribution in [2.45, 2.75) is 11.7 Å².